The molecule has 4 aromatic heterocycles. The van der Waals surface area contributed by atoms with Gasteiger partial charge in [-0.3, -0.25) is 14.3 Å². The van der Waals surface area contributed by atoms with Crippen LogP contribution < -0.4 is 0 Å². The molecule has 0 fully saturated rings. The van der Waals surface area contributed by atoms with Crippen LogP contribution in [0.5, 0.6) is 0 Å². The summed E-state index contributed by atoms with van der Waals surface area (Å²) < 4.78 is 3.72. The number of aryl methyl sites for hydroxylation is 3. The van der Waals surface area contributed by atoms with Crippen LogP contribution in [0.25, 0.3) is 33.6 Å². The van der Waals surface area contributed by atoms with Gasteiger partial charge in [0.1, 0.15) is 0 Å². The Morgan fingerprint density at radius 1 is 0.710 bits per heavy atom. The van der Waals surface area contributed by atoms with E-state index >= 15 is 0 Å². The summed E-state index contributed by atoms with van der Waals surface area (Å²) in [5.74, 6) is 0.692. The van der Waals surface area contributed by atoms with E-state index in [0.29, 0.717) is 5.82 Å². The fourth-order valence-corrected chi connectivity index (χ4v) is 3.44. The maximum Gasteiger partial charge on any atom is 0.159 e. The van der Waals surface area contributed by atoms with Gasteiger partial charge in [0, 0.05) is 78.9 Å². The van der Waals surface area contributed by atoms with Crippen molar-refractivity contribution in [2.45, 2.75) is 13.0 Å². The van der Waals surface area contributed by atoms with E-state index in [2.05, 4.69) is 37.3 Å². The van der Waals surface area contributed by atoms with Gasteiger partial charge in [0.05, 0.1) is 12.4 Å². The van der Waals surface area contributed by atoms with Gasteiger partial charge in [0.15, 0.2) is 5.82 Å². The second kappa shape index (κ2) is 8.31. The average molecular weight is 407 g/mol. The van der Waals surface area contributed by atoms with Crippen LogP contribution in [0.3, 0.4) is 0 Å². The molecule has 0 bridgehead atoms. The molecule has 4 heterocycles. The van der Waals surface area contributed by atoms with Crippen molar-refractivity contribution < 1.29 is 0 Å². The number of aromatic nitrogens is 7. The number of nitrogens with zero attached hydrogens (tertiary/aromatic N) is 7. The zero-order valence-electron chi connectivity index (χ0n) is 17.1. The first-order valence-electron chi connectivity index (χ1n) is 10.1. The molecule has 152 valence electrons. The predicted octanol–water partition coefficient (Wildman–Crippen LogP) is 4.05. The summed E-state index contributed by atoms with van der Waals surface area (Å²) in [6.45, 7) is 0.775. The minimum absolute atomic E-state index is 0.692. The topological polar surface area (TPSA) is 74.3 Å². The van der Waals surface area contributed by atoms with Crippen LogP contribution >= 0.6 is 0 Å². The third-order valence-corrected chi connectivity index (χ3v) is 5.10. The van der Waals surface area contributed by atoms with Gasteiger partial charge in [-0.05, 0) is 23.8 Å². The largest absolute Gasteiger partial charge is 0.275 e. The van der Waals surface area contributed by atoms with Gasteiger partial charge >= 0.3 is 0 Å². The zero-order chi connectivity index (χ0) is 21.0. The first kappa shape index (κ1) is 18.9. The Morgan fingerprint density at radius 3 is 2.29 bits per heavy atom. The maximum atomic E-state index is 4.59. The van der Waals surface area contributed by atoms with Crippen molar-refractivity contribution in [1.82, 2.24) is 34.5 Å². The molecule has 0 aliphatic rings. The lowest BCUT2D eigenvalue weighted by Gasteiger charge is -2.04. The summed E-state index contributed by atoms with van der Waals surface area (Å²) in [4.78, 5) is 13.5. The Labute approximate surface area is 180 Å². The summed E-state index contributed by atoms with van der Waals surface area (Å²) in [6.07, 6.45) is 14.1. The number of benzene rings is 1. The average Bonchev–Trinajstić information content (AvgIpc) is 3.48. The number of hydrogen-bond donors (Lipinski definition) is 0. The lowest BCUT2D eigenvalue weighted by atomic mass is 10.1. The molecule has 0 aliphatic heterocycles. The Balaban J connectivity index is 1.31. The highest BCUT2D eigenvalue weighted by Gasteiger charge is 2.08. The number of rotatable bonds is 6. The number of hydrogen-bond acceptors (Lipinski definition) is 5. The van der Waals surface area contributed by atoms with Crippen molar-refractivity contribution in [3.05, 3.63) is 91.5 Å². The van der Waals surface area contributed by atoms with E-state index in [0.717, 1.165) is 46.5 Å². The van der Waals surface area contributed by atoms with Crippen LogP contribution in [0, 0.1) is 0 Å². The molecule has 1 aromatic carbocycles. The van der Waals surface area contributed by atoms with Crippen molar-refractivity contribution in [3.8, 4) is 33.6 Å². The normalized spacial score (nSPS) is 11.0. The highest BCUT2D eigenvalue weighted by Crippen LogP contribution is 2.25. The molecule has 0 aliphatic carbocycles. The molecular formula is C24H21N7. The molecule has 0 radical (unpaired) electrons. The van der Waals surface area contributed by atoms with Gasteiger partial charge in [0.25, 0.3) is 0 Å². The van der Waals surface area contributed by atoms with Crippen molar-refractivity contribution >= 4 is 0 Å². The standard InChI is InChI=1S/C24H21N7/c1-30-16-21(14-28-30)18-5-4-6-19(11-18)24-26-12-20(13-27-24)22-15-29-31(17-22)10-8-23-7-2-3-9-25-23/h2-7,9,11-17H,8,10H2,1H3. The molecule has 0 saturated heterocycles. The van der Waals surface area contributed by atoms with Gasteiger partial charge in [-0.2, -0.15) is 10.2 Å². The molecule has 7 nitrogen and oxygen atoms in total. The Morgan fingerprint density at radius 2 is 1.52 bits per heavy atom. The van der Waals surface area contributed by atoms with E-state index < -0.39 is 0 Å². The van der Waals surface area contributed by atoms with E-state index in [4.69, 9.17) is 0 Å². The SMILES string of the molecule is Cn1cc(-c2cccc(-c3ncc(-c4cnn(CCc5ccccn5)c4)cn3)c2)cn1. The van der Waals surface area contributed by atoms with Crippen LogP contribution in [0.4, 0.5) is 0 Å². The molecule has 0 saturated carbocycles. The van der Waals surface area contributed by atoms with E-state index in [1.54, 1.807) is 4.68 Å². The molecular weight excluding hydrogens is 386 g/mol. The van der Waals surface area contributed by atoms with E-state index in [1.165, 1.54) is 0 Å². The van der Waals surface area contributed by atoms with Gasteiger partial charge in [-0.25, -0.2) is 9.97 Å². The second-order valence-corrected chi connectivity index (χ2v) is 7.34. The van der Waals surface area contributed by atoms with Crippen molar-refractivity contribution in [1.29, 1.82) is 0 Å². The third kappa shape index (κ3) is 4.25. The quantitative estimate of drug-likeness (QED) is 0.425. The summed E-state index contributed by atoms with van der Waals surface area (Å²) in [5, 5.41) is 8.71. The van der Waals surface area contributed by atoms with E-state index in [9.17, 15) is 0 Å². The molecule has 31 heavy (non-hydrogen) atoms. The summed E-state index contributed by atoms with van der Waals surface area (Å²) in [6, 6.07) is 14.1. The predicted molar refractivity (Wildman–Crippen MR) is 119 cm³/mol. The van der Waals surface area contributed by atoms with Crippen LogP contribution in [0.2, 0.25) is 0 Å². The van der Waals surface area contributed by atoms with E-state index in [1.807, 2.05) is 85.4 Å². The molecule has 7 heteroatoms. The molecule has 0 N–H and O–H groups in total. The maximum absolute atomic E-state index is 4.59. The minimum atomic E-state index is 0.692. The van der Waals surface area contributed by atoms with Gasteiger partial charge in [0.2, 0.25) is 0 Å². The summed E-state index contributed by atoms with van der Waals surface area (Å²) >= 11 is 0. The van der Waals surface area contributed by atoms with Crippen LogP contribution in [-0.4, -0.2) is 34.5 Å². The Bertz CT molecular complexity index is 1290. The first-order chi connectivity index (χ1) is 15.2. The summed E-state index contributed by atoms with van der Waals surface area (Å²) in [5.41, 5.74) is 6.12. The molecule has 5 rings (SSSR count). The minimum Gasteiger partial charge on any atom is -0.275 e. The van der Waals surface area contributed by atoms with Crippen LogP contribution in [0.15, 0.2) is 85.8 Å². The monoisotopic (exact) mass is 407 g/mol. The molecule has 0 spiro atoms. The third-order valence-electron chi connectivity index (χ3n) is 5.10. The second-order valence-electron chi connectivity index (χ2n) is 7.34. The number of pyridine rings is 1. The van der Waals surface area contributed by atoms with Crippen molar-refractivity contribution in [2.24, 2.45) is 7.05 Å². The van der Waals surface area contributed by atoms with Gasteiger partial charge in [-0.1, -0.05) is 24.3 Å². The van der Waals surface area contributed by atoms with Crippen molar-refractivity contribution in [2.75, 3.05) is 0 Å². The highest BCUT2D eigenvalue weighted by molar-refractivity contribution is 5.70. The zero-order valence-corrected chi connectivity index (χ0v) is 17.1. The lowest BCUT2D eigenvalue weighted by Crippen LogP contribution is -2.02. The lowest BCUT2D eigenvalue weighted by molar-refractivity contribution is 0.608. The Hall–Kier alpha value is -4.13. The molecule has 0 amide bonds. The smallest absolute Gasteiger partial charge is 0.159 e. The van der Waals surface area contributed by atoms with Gasteiger partial charge < -0.3 is 0 Å². The highest BCUT2D eigenvalue weighted by atomic mass is 15.3. The molecule has 0 atom stereocenters. The van der Waals surface area contributed by atoms with Crippen LogP contribution in [-0.2, 0) is 20.0 Å². The van der Waals surface area contributed by atoms with E-state index in [-0.39, 0.29) is 0 Å². The summed E-state index contributed by atoms with van der Waals surface area (Å²) in [7, 11) is 1.91. The van der Waals surface area contributed by atoms with Crippen molar-refractivity contribution in [3.63, 3.8) is 0 Å². The Kier molecular flexibility index (Phi) is 5.06. The molecule has 5 aromatic rings. The van der Waals surface area contributed by atoms with Gasteiger partial charge in [-0.15, -0.1) is 0 Å². The molecule has 0 unspecified atom stereocenters. The van der Waals surface area contributed by atoms with Crippen LogP contribution in [0.1, 0.15) is 5.69 Å². The first-order valence-corrected chi connectivity index (χ1v) is 10.1. The fraction of sp³-hybridized carbons (Fsp3) is 0.125. The fourth-order valence-electron chi connectivity index (χ4n) is 3.44.